The molecule has 0 radical (unpaired) electrons. The quantitative estimate of drug-likeness (QED) is 0.802. The van der Waals surface area contributed by atoms with Gasteiger partial charge >= 0.3 is 6.03 Å². The number of amides is 3. The fourth-order valence-corrected chi connectivity index (χ4v) is 2.64. The summed E-state index contributed by atoms with van der Waals surface area (Å²) in [4.78, 5) is 25.9. The minimum atomic E-state index is -0.378. The number of aromatic amines is 1. The Hall–Kier alpha value is -2.90. The Balaban J connectivity index is 1.51. The minimum Gasteiger partial charge on any atom is -0.335 e. The maximum atomic E-state index is 12.8. The first kappa shape index (κ1) is 16.0. The van der Waals surface area contributed by atoms with E-state index in [1.807, 2.05) is 6.92 Å². The molecule has 24 heavy (non-hydrogen) atoms. The second kappa shape index (κ2) is 6.69. The molecular weight excluding hydrogens is 313 g/mol. The summed E-state index contributed by atoms with van der Waals surface area (Å²) in [5.41, 5.74) is 1.71. The fraction of sp³-hybridized carbons (Fsp3) is 0.312. The van der Waals surface area contributed by atoms with Crippen molar-refractivity contribution in [1.29, 1.82) is 0 Å². The maximum Gasteiger partial charge on any atom is 0.319 e. The summed E-state index contributed by atoms with van der Waals surface area (Å²) in [6.07, 6.45) is 0.673. The number of aryl methyl sites for hydroxylation is 1. The maximum absolute atomic E-state index is 12.8. The molecule has 2 heterocycles. The summed E-state index contributed by atoms with van der Waals surface area (Å²) in [6, 6.07) is 6.71. The highest BCUT2D eigenvalue weighted by atomic mass is 19.1. The van der Waals surface area contributed by atoms with E-state index in [0.717, 1.165) is 5.69 Å². The van der Waals surface area contributed by atoms with E-state index in [1.54, 1.807) is 11.0 Å². The van der Waals surface area contributed by atoms with Crippen LogP contribution in [0.2, 0.25) is 0 Å². The van der Waals surface area contributed by atoms with Crippen LogP contribution in [0.25, 0.3) is 0 Å². The van der Waals surface area contributed by atoms with Crippen LogP contribution in [0.1, 0.15) is 22.6 Å². The number of carbonyl (C=O) groups is 2. The molecule has 1 saturated heterocycles. The summed E-state index contributed by atoms with van der Waals surface area (Å²) in [5.74, 6) is -0.512. The lowest BCUT2D eigenvalue weighted by molar-refractivity contribution is 0.0783. The van der Waals surface area contributed by atoms with E-state index in [2.05, 4.69) is 20.8 Å². The lowest BCUT2D eigenvalue weighted by Gasteiger charge is -2.16. The van der Waals surface area contributed by atoms with E-state index >= 15 is 0 Å². The van der Waals surface area contributed by atoms with Gasteiger partial charge in [-0.15, -0.1) is 0 Å². The largest absolute Gasteiger partial charge is 0.335 e. The summed E-state index contributed by atoms with van der Waals surface area (Å²) < 4.78 is 12.8. The monoisotopic (exact) mass is 331 g/mol. The van der Waals surface area contributed by atoms with Gasteiger partial charge in [-0.2, -0.15) is 5.10 Å². The molecule has 1 aliphatic heterocycles. The molecule has 3 rings (SSSR count). The van der Waals surface area contributed by atoms with Crippen molar-refractivity contribution in [3.05, 3.63) is 47.5 Å². The Kier molecular flexibility index (Phi) is 4.45. The summed E-state index contributed by atoms with van der Waals surface area (Å²) >= 11 is 0. The molecule has 126 valence electrons. The minimum absolute atomic E-state index is 0.130. The molecule has 0 spiro atoms. The molecule has 0 aliphatic carbocycles. The molecule has 1 atom stereocenters. The van der Waals surface area contributed by atoms with Crippen molar-refractivity contribution in [3.63, 3.8) is 0 Å². The normalized spacial score (nSPS) is 16.9. The van der Waals surface area contributed by atoms with Gasteiger partial charge in [-0.05, 0) is 43.7 Å². The molecule has 3 amide bonds. The van der Waals surface area contributed by atoms with Crippen molar-refractivity contribution in [2.75, 3.05) is 18.4 Å². The molecule has 8 heteroatoms. The number of anilines is 1. The number of rotatable bonds is 3. The lowest BCUT2D eigenvalue weighted by Crippen LogP contribution is -2.40. The van der Waals surface area contributed by atoms with Crippen molar-refractivity contribution in [1.82, 2.24) is 20.4 Å². The van der Waals surface area contributed by atoms with E-state index in [1.165, 1.54) is 24.3 Å². The summed E-state index contributed by atoms with van der Waals surface area (Å²) in [6.45, 7) is 2.83. The predicted octanol–water partition coefficient (Wildman–Crippen LogP) is 1.89. The Morgan fingerprint density at radius 1 is 1.33 bits per heavy atom. The highest BCUT2D eigenvalue weighted by Crippen LogP contribution is 2.14. The molecule has 1 aromatic carbocycles. The fourth-order valence-electron chi connectivity index (χ4n) is 2.64. The van der Waals surface area contributed by atoms with Gasteiger partial charge in [-0.3, -0.25) is 9.89 Å². The number of aromatic nitrogens is 2. The first-order valence-electron chi connectivity index (χ1n) is 7.65. The van der Waals surface area contributed by atoms with Crippen LogP contribution in [0.5, 0.6) is 0 Å². The van der Waals surface area contributed by atoms with Gasteiger partial charge in [-0.25, -0.2) is 9.18 Å². The number of H-pyrrole nitrogens is 1. The number of nitrogens with one attached hydrogen (secondary N) is 3. The first-order valence-corrected chi connectivity index (χ1v) is 7.65. The number of nitrogens with zero attached hydrogens (tertiary/aromatic N) is 2. The molecule has 2 aromatic rings. The molecule has 0 bridgehead atoms. The van der Waals surface area contributed by atoms with Gasteiger partial charge in [0.15, 0.2) is 0 Å². The van der Waals surface area contributed by atoms with E-state index in [-0.39, 0.29) is 23.8 Å². The lowest BCUT2D eigenvalue weighted by atomic mass is 10.2. The van der Waals surface area contributed by atoms with Gasteiger partial charge in [-0.1, -0.05) is 0 Å². The molecule has 1 fully saturated rings. The Bertz CT molecular complexity index is 743. The number of benzene rings is 1. The highest BCUT2D eigenvalue weighted by Gasteiger charge is 2.29. The van der Waals surface area contributed by atoms with Crippen molar-refractivity contribution in [2.45, 2.75) is 19.4 Å². The molecule has 7 nitrogen and oxygen atoms in total. The molecule has 1 aromatic heterocycles. The van der Waals surface area contributed by atoms with E-state index < -0.39 is 0 Å². The van der Waals surface area contributed by atoms with E-state index in [9.17, 15) is 14.0 Å². The average molecular weight is 331 g/mol. The number of urea groups is 1. The smallest absolute Gasteiger partial charge is 0.319 e. The zero-order valence-corrected chi connectivity index (χ0v) is 13.2. The van der Waals surface area contributed by atoms with Crippen molar-refractivity contribution in [3.8, 4) is 0 Å². The Morgan fingerprint density at radius 3 is 2.75 bits per heavy atom. The second-order valence-corrected chi connectivity index (χ2v) is 5.78. The molecular formula is C16H18FN5O2. The summed E-state index contributed by atoms with van der Waals surface area (Å²) in [7, 11) is 0. The van der Waals surface area contributed by atoms with Crippen LogP contribution in [0.4, 0.5) is 14.9 Å². The Morgan fingerprint density at radius 2 is 2.08 bits per heavy atom. The SMILES string of the molecule is Cc1cc(C(=O)N2CC[C@H](NC(=O)Nc3ccc(F)cc3)C2)n[nH]1. The van der Waals surface area contributed by atoms with Gasteiger partial charge in [0.2, 0.25) is 0 Å². The van der Waals surface area contributed by atoms with Crippen LogP contribution in [0, 0.1) is 12.7 Å². The van der Waals surface area contributed by atoms with Crippen molar-refractivity contribution in [2.24, 2.45) is 0 Å². The van der Waals surface area contributed by atoms with Gasteiger partial charge in [0.25, 0.3) is 5.91 Å². The number of hydrogen-bond acceptors (Lipinski definition) is 3. The zero-order chi connectivity index (χ0) is 17.1. The summed E-state index contributed by atoms with van der Waals surface area (Å²) in [5, 5.41) is 12.2. The molecule has 0 saturated carbocycles. The van der Waals surface area contributed by atoms with Gasteiger partial charge in [0.05, 0.1) is 0 Å². The Labute approximate surface area is 138 Å². The third kappa shape index (κ3) is 3.70. The average Bonchev–Trinajstić information content (AvgIpc) is 3.18. The van der Waals surface area contributed by atoms with E-state index in [4.69, 9.17) is 0 Å². The predicted molar refractivity (Wildman–Crippen MR) is 86.2 cm³/mol. The van der Waals surface area contributed by atoms with Crippen LogP contribution >= 0.6 is 0 Å². The first-order chi connectivity index (χ1) is 11.5. The zero-order valence-electron chi connectivity index (χ0n) is 13.2. The van der Waals surface area contributed by atoms with Gasteiger partial charge < -0.3 is 15.5 Å². The second-order valence-electron chi connectivity index (χ2n) is 5.78. The molecule has 3 N–H and O–H groups in total. The third-order valence-electron chi connectivity index (χ3n) is 3.84. The van der Waals surface area contributed by atoms with Crippen LogP contribution in [-0.2, 0) is 0 Å². The van der Waals surface area contributed by atoms with Crippen LogP contribution in [0.15, 0.2) is 30.3 Å². The third-order valence-corrected chi connectivity index (χ3v) is 3.84. The standard InChI is InChI=1S/C16H18FN5O2/c1-10-8-14(21-20-10)15(23)22-7-6-13(9-22)19-16(24)18-12-4-2-11(17)3-5-12/h2-5,8,13H,6-7,9H2,1H3,(H,20,21)(H2,18,19,24)/t13-/m0/s1. The number of likely N-dealkylation sites (tertiary alicyclic amines) is 1. The molecule has 0 unspecified atom stereocenters. The van der Waals surface area contributed by atoms with E-state index in [0.29, 0.717) is 30.9 Å². The van der Waals surface area contributed by atoms with Crippen LogP contribution in [0.3, 0.4) is 0 Å². The topological polar surface area (TPSA) is 90.1 Å². The number of carbonyl (C=O) groups excluding carboxylic acids is 2. The number of hydrogen-bond donors (Lipinski definition) is 3. The highest BCUT2D eigenvalue weighted by molar-refractivity contribution is 5.93. The van der Waals surface area contributed by atoms with Crippen LogP contribution in [-0.4, -0.2) is 46.2 Å². The van der Waals surface area contributed by atoms with Gasteiger partial charge in [0.1, 0.15) is 11.5 Å². The van der Waals surface area contributed by atoms with Crippen molar-refractivity contribution >= 4 is 17.6 Å². The van der Waals surface area contributed by atoms with Crippen molar-refractivity contribution < 1.29 is 14.0 Å². The van der Waals surface area contributed by atoms with Crippen LogP contribution < -0.4 is 10.6 Å². The molecule has 1 aliphatic rings. The number of halogens is 1. The van der Waals surface area contributed by atoms with Gasteiger partial charge in [0, 0.05) is 30.5 Å².